The van der Waals surface area contributed by atoms with Crippen LogP contribution in [0.2, 0.25) is 10.0 Å². The van der Waals surface area contributed by atoms with Gasteiger partial charge in [0.2, 0.25) is 5.91 Å². The van der Waals surface area contributed by atoms with Crippen LogP contribution in [-0.4, -0.2) is 51.6 Å². The van der Waals surface area contributed by atoms with Crippen molar-refractivity contribution in [2.45, 2.75) is 58.0 Å². The lowest BCUT2D eigenvalue weighted by Crippen LogP contribution is -2.56. The molecule has 1 unspecified atom stereocenters. The highest BCUT2D eigenvalue weighted by Crippen LogP contribution is 2.41. The molecule has 0 saturated carbocycles. The number of pyridine rings is 1. The molecule has 0 fully saturated rings. The number of hydrogen-bond donors (Lipinski definition) is 3. The fourth-order valence-corrected chi connectivity index (χ4v) is 7.90. The smallest absolute Gasteiger partial charge is 0.326 e. The number of nitrogens with one attached hydrogen (secondary N) is 2. The maximum absolute atomic E-state index is 14.2. The summed E-state index contributed by atoms with van der Waals surface area (Å²) >= 11 is 12.2. The molecule has 2 aliphatic rings. The number of nitrogens with zero attached hydrogens (tertiary/aromatic N) is 2. The van der Waals surface area contributed by atoms with Gasteiger partial charge >= 0.3 is 12.0 Å². The van der Waals surface area contributed by atoms with Crippen molar-refractivity contribution >= 4 is 46.8 Å². The van der Waals surface area contributed by atoms with E-state index >= 15 is 0 Å². The van der Waals surface area contributed by atoms with E-state index in [0.29, 0.717) is 45.0 Å². The molecule has 1 aromatic heterocycles. The molecule has 0 saturated heterocycles. The number of anilines is 1. The number of rotatable bonds is 11. The first-order chi connectivity index (χ1) is 29.9. The SMILES string of the molecule is Cc1nccc(-c2ccc(CC(NC(=O)[C@@H]3Cc4cc5c(cc4CN3C(=O)Nc3cccc(F)c3)O[C@@H](c3ccc(OCc4ccc(Cl)c(Cl)c4)cc3)CO5)C(=O)O)cc2)c1C. The Morgan fingerprint density at radius 3 is 2.40 bits per heavy atom. The van der Waals surface area contributed by atoms with Crippen LogP contribution in [0.3, 0.4) is 0 Å². The van der Waals surface area contributed by atoms with Crippen molar-refractivity contribution in [3.8, 4) is 28.4 Å². The third-order valence-corrected chi connectivity index (χ3v) is 11.9. The van der Waals surface area contributed by atoms with Crippen LogP contribution >= 0.6 is 23.2 Å². The number of halogens is 3. The minimum absolute atomic E-state index is 0.00282. The Kier molecular flexibility index (Phi) is 12.3. The second-order valence-electron chi connectivity index (χ2n) is 15.2. The van der Waals surface area contributed by atoms with E-state index in [9.17, 15) is 23.9 Å². The van der Waals surface area contributed by atoms with Gasteiger partial charge in [-0.3, -0.25) is 9.78 Å². The lowest BCUT2D eigenvalue weighted by molar-refractivity contribution is -0.142. The predicted molar refractivity (Wildman–Crippen MR) is 233 cm³/mol. The summed E-state index contributed by atoms with van der Waals surface area (Å²) in [6.45, 7) is 4.42. The molecule has 2 aliphatic heterocycles. The number of carboxylic acid groups (broad SMARTS) is 1. The molecule has 3 atom stereocenters. The third-order valence-electron chi connectivity index (χ3n) is 11.1. The Hall–Kier alpha value is -6.63. The molecular weight excluding hydrogens is 834 g/mol. The Morgan fingerprint density at radius 1 is 0.903 bits per heavy atom. The van der Waals surface area contributed by atoms with Crippen LogP contribution in [-0.2, 0) is 35.6 Å². The summed E-state index contributed by atoms with van der Waals surface area (Å²) in [7, 11) is 0. The van der Waals surface area contributed by atoms with Crippen molar-refractivity contribution in [2.75, 3.05) is 11.9 Å². The molecule has 3 heterocycles. The lowest BCUT2D eigenvalue weighted by Gasteiger charge is -2.37. The van der Waals surface area contributed by atoms with Crippen LogP contribution in [0.25, 0.3) is 11.1 Å². The molecular formula is C48H41Cl2FN4O7. The first-order valence-corrected chi connectivity index (χ1v) is 20.6. The van der Waals surface area contributed by atoms with Crippen molar-refractivity contribution in [3.63, 3.8) is 0 Å². The van der Waals surface area contributed by atoms with Crippen LogP contribution in [0.1, 0.15) is 45.2 Å². The summed E-state index contributed by atoms with van der Waals surface area (Å²) in [5.74, 6) is -0.849. The fourth-order valence-electron chi connectivity index (χ4n) is 7.58. The number of hydrogen-bond acceptors (Lipinski definition) is 7. The highest BCUT2D eigenvalue weighted by molar-refractivity contribution is 6.42. The van der Waals surface area contributed by atoms with Crippen molar-refractivity contribution in [1.82, 2.24) is 15.2 Å². The molecule has 0 bridgehead atoms. The zero-order valence-electron chi connectivity index (χ0n) is 33.7. The molecule has 0 aliphatic carbocycles. The number of ether oxygens (including phenoxy) is 3. The van der Waals surface area contributed by atoms with E-state index in [1.54, 1.807) is 30.5 Å². The number of urea groups is 1. The summed E-state index contributed by atoms with van der Waals surface area (Å²) in [5.41, 5.74) is 8.00. The quantitative estimate of drug-likeness (QED) is 0.117. The summed E-state index contributed by atoms with van der Waals surface area (Å²) < 4.78 is 32.7. The molecule has 62 heavy (non-hydrogen) atoms. The normalized spacial score (nSPS) is 15.9. The van der Waals surface area contributed by atoms with Crippen molar-refractivity contribution < 1.29 is 38.1 Å². The van der Waals surface area contributed by atoms with E-state index in [1.807, 2.05) is 74.5 Å². The summed E-state index contributed by atoms with van der Waals surface area (Å²) in [6.07, 6.45) is 1.35. The van der Waals surface area contributed by atoms with Gasteiger partial charge in [-0.25, -0.2) is 14.0 Å². The average molecular weight is 876 g/mol. The van der Waals surface area contributed by atoms with E-state index in [4.69, 9.17) is 37.4 Å². The van der Waals surface area contributed by atoms with E-state index in [1.165, 1.54) is 29.2 Å². The maximum Gasteiger partial charge on any atom is 0.326 e. The number of amides is 3. The molecule has 8 rings (SSSR count). The molecule has 3 N–H and O–H groups in total. The first-order valence-electron chi connectivity index (χ1n) is 19.9. The Balaban J connectivity index is 0.986. The number of aromatic nitrogens is 1. The largest absolute Gasteiger partial charge is 0.489 e. The highest BCUT2D eigenvalue weighted by Gasteiger charge is 2.38. The van der Waals surface area contributed by atoms with E-state index in [0.717, 1.165) is 39.1 Å². The number of benzene rings is 5. The highest BCUT2D eigenvalue weighted by atomic mass is 35.5. The van der Waals surface area contributed by atoms with Gasteiger partial charge in [-0.05, 0) is 119 Å². The van der Waals surface area contributed by atoms with Gasteiger partial charge < -0.3 is 34.9 Å². The number of carbonyl (C=O) groups is 3. The minimum Gasteiger partial charge on any atom is -0.489 e. The maximum atomic E-state index is 14.2. The molecule has 14 heteroatoms. The molecule has 0 spiro atoms. The average Bonchev–Trinajstić information content (AvgIpc) is 3.26. The number of aliphatic carboxylic acids is 1. The van der Waals surface area contributed by atoms with Gasteiger partial charge in [0.05, 0.1) is 10.0 Å². The minimum atomic E-state index is -1.30. The van der Waals surface area contributed by atoms with Crippen molar-refractivity contribution in [2.24, 2.45) is 0 Å². The molecule has 0 radical (unpaired) electrons. The standard InChI is InChI=1S/C48H41Cl2FN4O7/c1-27-28(2)52-17-16-38(27)31-9-6-29(7-10-31)19-41(47(57)58)54-46(56)42-20-33-21-43-44(22-34(33)24-55(42)48(59)53-36-5-3-4-35(51)23-36)62-45(26-61-43)32-11-13-37(14-12-32)60-25-30-8-15-39(49)40(50)18-30/h3-18,21-23,41-42,45H,19-20,24-26H2,1-2H3,(H,53,59)(H,54,56)(H,57,58)/t41?,42-,45+/m0/s1. The summed E-state index contributed by atoms with van der Waals surface area (Å²) in [5, 5.41) is 16.6. The van der Waals surface area contributed by atoms with Gasteiger partial charge in [-0.15, -0.1) is 0 Å². The topological polar surface area (TPSA) is 139 Å². The van der Waals surface area contributed by atoms with Gasteiger partial charge in [0.25, 0.3) is 0 Å². The van der Waals surface area contributed by atoms with Crippen LogP contribution < -0.4 is 24.8 Å². The zero-order valence-corrected chi connectivity index (χ0v) is 35.2. The van der Waals surface area contributed by atoms with Crippen LogP contribution in [0.15, 0.2) is 115 Å². The number of aryl methyl sites for hydroxylation is 1. The number of fused-ring (bicyclic) bond motifs is 2. The fraction of sp³-hybridized carbons (Fsp3) is 0.208. The van der Waals surface area contributed by atoms with Gasteiger partial charge in [0.15, 0.2) is 17.6 Å². The Labute approximate surface area is 367 Å². The predicted octanol–water partition coefficient (Wildman–Crippen LogP) is 9.67. The summed E-state index contributed by atoms with van der Waals surface area (Å²) in [6, 6.07) is 28.2. The zero-order chi connectivity index (χ0) is 43.5. The van der Waals surface area contributed by atoms with Crippen molar-refractivity contribution in [3.05, 3.63) is 170 Å². The molecule has 316 valence electrons. The van der Waals surface area contributed by atoms with Crippen LogP contribution in [0.5, 0.6) is 17.2 Å². The van der Waals surface area contributed by atoms with Gasteiger partial charge in [0, 0.05) is 37.0 Å². The second-order valence-corrected chi connectivity index (χ2v) is 16.1. The van der Waals surface area contributed by atoms with E-state index in [2.05, 4.69) is 15.6 Å². The Bertz CT molecular complexity index is 2660. The van der Waals surface area contributed by atoms with Gasteiger partial charge in [-0.2, -0.15) is 0 Å². The third kappa shape index (κ3) is 9.46. The molecule has 6 aromatic rings. The van der Waals surface area contributed by atoms with Crippen molar-refractivity contribution in [1.29, 1.82) is 0 Å². The van der Waals surface area contributed by atoms with Gasteiger partial charge in [-0.1, -0.05) is 71.7 Å². The molecule has 3 amide bonds. The van der Waals surface area contributed by atoms with Crippen LogP contribution in [0.4, 0.5) is 14.9 Å². The molecule has 5 aromatic carbocycles. The van der Waals surface area contributed by atoms with E-state index < -0.39 is 41.9 Å². The van der Waals surface area contributed by atoms with Crippen LogP contribution in [0, 0.1) is 19.7 Å². The summed E-state index contributed by atoms with van der Waals surface area (Å²) in [4.78, 5) is 46.3. The monoisotopic (exact) mass is 874 g/mol. The lowest BCUT2D eigenvalue weighted by atomic mass is 9.92. The van der Waals surface area contributed by atoms with E-state index in [-0.39, 0.29) is 31.7 Å². The number of carbonyl (C=O) groups excluding carboxylic acids is 2. The second kappa shape index (κ2) is 18.2. The Morgan fingerprint density at radius 2 is 1.66 bits per heavy atom. The number of carboxylic acids is 1. The van der Waals surface area contributed by atoms with Gasteiger partial charge in [0.1, 0.15) is 36.9 Å². The first kappa shape index (κ1) is 42.1. The molecule has 11 nitrogen and oxygen atoms in total.